The summed E-state index contributed by atoms with van der Waals surface area (Å²) in [6, 6.07) is 7.35. The minimum atomic E-state index is -0.422. The fourth-order valence-corrected chi connectivity index (χ4v) is 3.34. The van der Waals surface area contributed by atoms with Crippen molar-refractivity contribution < 1.29 is 19.5 Å². The summed E-state index contributed by atoms with van der Waals surface area (Å²) in [5, 5.41) is 17.7. The van der Waals surface area contributed by atoms with E-state index in [1.54, 1.807) is 0 Å². The molecule has 1 aliphatic rings. The average Bonchev–Trinajstić information content (AvgIpc) is 3.15. The second-order valence-corrected chi connectivity index (χ2v) is 8.66. The summed E-state index contributed by atoms with van der Waals surface area (Å²) in [6.45, 7) is 8.25. The molecule has 1 fully saturated rings. The molecule has 0 amide bonds. The molecule has 10 heteroatoms. The molecule has 10 nitrogen and oxygen atoms in total. The highest BCUT2D eigenvalue weighted by Gasteiger charge is 2.24. The van der Waals surface area contributed by atoms with Gasteiger partial charge in [-0.1, -0.05) is 39.0 Å². The van der Waals surface area contributed by atoms with Gasteiger partial charge in [-0.05, 0) is 27.1 Å². The highest BCUT2D eigenvalue weighted by Crippen LogP contribution is 2.27. The van der Waals surface area contributed by atoms with Crippen LogP contribution in [0, 0.1) is 5.41 Å². The van der Waals surface area contributed by atoms with Crippen LogP contribution in [-0.4, -0.2) is 62.5 Å². The molecule has 0 atom stereocenters. The Morgan fingerprint density at radius 1 is 1.23 bits per heavy atom. The van der Waals surface area contributed by atoms with E-state index in [2.05, 4.69) is 20.2 Å². The third kappa shape index (κ3) is 4.80. The van der Waals surface area contributed by atoms with E-state index in [0.717, 1.165) is 16.0 Å². The van der Waals surface area contributed by atoms with Gasteiger partial charge in [-0.2, -0.15) is 0 Å². The van der Waals surface area contributed by atoms with Gasteiger partial charge in [0.1, 0.15) is 0 Å². The largest absolute Gasteiger partial charge is 0.392 e. The van der Waals surface area contributed by atoms with Gasteiger partial charge < -0.3 is 19.6 Å². The van der Waals surface area contributed by atoms with Crippen molar-refractivity contribution in [2.45, 2.75) is 33.8 Å². The van der Waals surface area contributed by atoms with Crippen LogP contribution in [0.3, 0.4) is 0 Å². The number of nitrogens with zero attached hydrogens (tertiary/aromatic N) is 6. The highest BCUT2D eigenvalue weighted by atomic mass is 16.7. The monoisotopic (exact) mass is 426 g/mol. The Labute approximate surface area is 179 Å². The number of carbonyl (C=O) groups is 1. The van der Waals surface area contributed by atoms with Crippen molar-refractivity contribution in [3.05, 3.63) is 29.8 Å². The van der Waals surface area contributed by atoms with E-state index in [-0.39, 0.29) is 18.4 Å². The molecule has 2 aromatic heterocycles. The number of carbonyl (C=O) groups excluding carboxylic acids is 1. The van der Waals surface area contributed by atoms with Gasteiger partial charge in [-0.15, -0.1) is 5.10 Å². The number of hydrogen-bond donors (Lipinski definition) is 1. The topological polar surface area (TPSA) is 115 Å². The summed E-state index contributed by atoms with van der Waals surface area (Å²) in [4.78, 5) is 30.3. The molecular formula is C21H26N6O4. The van der Waals surface area contributed by atoms with E-state index in [1.807, 2.05) is 45.0 Å². The number of fused-ring (bicyclic) bond motifs is 1. The summed E-state index contributed by atoms with van der Waals surface area (Å²) in [5.74, 6) is 0.616. The van der Waals surface area contributed by atoms with Crippen LogP contribution in [0.4, 0.5) is 5.82 Å². The number of anilines is 1. The molecule has 0 radical (unpaired) electrons. The Morgan fingerprint density at radius 3 is 2.71 bits per heavy atom. The average molecular weight is 426 g/mol. The van der Waals surface area contributed by atoms with Gasteiger partial charge in [0.05, 0.1) is 26.2 Å². The zero-order valence-corrected chi connectivity index (χ0v) is 17.9. The van der Waals surface area contributed by atoms with E-state index in [4.69, 9.17) is 14.6 Å². The second-order valence-electron chi connectivity index (χ2n) is 8.66. The number of hydrogen-bond acceptors (Lipinski definition) is 9. The summed E-state index contributed by atoms with van der Waals surface area (Å²) in [6.07, 6.45) is 0.223. The van der Waals surface area contributed by atoms with Crippen LogP contribution in [-0.2, 0) is 16.1 Å². The molecule has 1 saturated heterocycles. The van der Waals surface area contributed by atoms with Gasteiger partial charge in [-0.25, -0.2) is 14.8 Å². The van der Waals surface area contributed by atoms with Gasteiger partial charge in [0.2, 0.25) is 5.65 Å². The van der Waals surface area contributed by atoms with Gasteiger partial charge in [-0.3, -0.25) is 0 Å². The van der Waals surface area contributed by atoms with Crippen LogP contribution >= 0.6 is 0 Å². The predicted molar refractivity (Wildman–Crippen MR) is 113 cm³/mol. The van der Waals surface area contributed by atoms with Crippen LogP contribution in [0.2, 0.25) is 0 Å². The van der Waals surface area contributed by atoms with Crippen molar-refractivity contribution in [3.63, 3.8) is 0 Å². The first-order valence-electron chi connectivity index (χ1n) is 10.2. The normalized spacial score (nSPS) is 14.8. The van der Waals surface area contributed by atoms with Crippen molar-refractivity contribution in [3.8, 4) is 11.4 Å². The van der Waals surface area contributed by atoms with Gasteiger partial charge in [0.15, 0.2) is 17.2 Å². The number of rotatable bonds is 5. The fourth-order valence-electron chi connectivity index (χ4n) is 3.34. The molecule has 164 valence electrons. The Hall–Kier alpha value is -3.11. The minimum absolute atomic E-state index is 0.0870. The Balaban J connectivity index is 1.79. The van der Waals surface area contributed by atoms with Crippen molar-refractivity contribution >= 4 is 23.0 Å². The smallest absolute Gasteiger partial charge is 0.335 e. The molecule has 0 bridgehead atoms. The fraction of sp³-hybridized carbons (Fsp3) is 0.476. The molecule has 0 aliphatic carbocycles. The SMILES string of the molecule is CC(C)(C)CC(=O)On1nnc2c(N3CCOCC3)nc(-c3cccc(CO)c3)nc21. The van der Waals surface area contributed by atoms with E-state index in [1.165, 1.54) is 0 Å². The lowest BCUT2D eigenvalue weighted by Crippen LogP contribution is -2.37. The molecule has 3 aromatic rings. The van der Waals surface area contributed by atoms with Crippen LogP contribution in [0.5, 0.6) is 0 Å². The number of ether oxygens (including phenoxy) is 1. The quantitative estimate of drug-likeness (QED) is 0.607. The number of aliphatic hydroxyl groups is 1. The van der Waals surface area contributed by atoms with E-state index < -0.39 is 5.97 Å². The van der Waals surface area contributed by atoms with E-state index in [9.17, 15) is 9.90 Å². The Kier molecular flexibility index (Phi) is 5.84. The molecule has 31 heavy (non-hydrogen) atoms. The van der Waals surface area contributed by atoms with Gasteiger partial charge >= 0.3 is 5.97 Å². The van der Waals surface area contributed by atoms with Crippen molar-refractivity contribution in [2.75, 3.05) is 31.2 Å². The predicted octanol–water partition coefficient (Wildman–Crippen LogP) is 1.61. The van der Waals surface area contributed by atoms with Crippen molar-refractivity contribution in [1.29, 1.82) is 0 Å². The minimum Gasteiger partial charge on any atom is -0.392 e. The first-order chi connectivity index (χ1) is 14.8. The molecule has 0 spiro atoms. The molecule has 1 aliphatic heterocycles. The van der Waals surface area contributed by atoms with Crippen LogP contribution in [0.25, 0.3) is 22.6 Å². The first kappa shape index (κ1) is 21.1. The maximum Gasteiger partial charge on any atom is 0.335 e. The number of benzene rings is 1. The highest BCUT2D eigenvalue weighted by molar-refractivity contribution is 5.85. The molecule has 1 aromatic carbocycles. The molecule has 1 N–H and O–H groups in total. The zero-order valence-electron chi connectivity index (χ0n) is 17.9. The Morgan fingerprint density at radius 2 is 2.00 bits per heavy atom. The number of morpholine rings is 1. The lowest BCUT2D eigenvalue weighted by molar-refractivity contribution is -0.147. The van der Waals surface area contributed by atoms with Crippen LogP contribution in [0.15, 0.2) is 24.3 Å². The van der Waals surface area contributed by atoms with Crippen LogP contribution < -0.4 is 9.74 Å². The number of aliphatic hydroxyl groups excluding tert-OH is 1. The zero-order chi connectivity index (χ0) is 22.0. The van der Waals surface area contributed by atoms with Crippen molar-refractivity contribution in [2.24, 2.45) is 5.41 Å². The third-order valence-electron chi connectivity index (χ3n) is 4.80. The van der Waals surface area contributed by atoms with Crippen LogP contribution in [0.1, 0.15) is 32.8 Å². The van der Waals surface area contributed by atoms with E-state index in [0.29, 0.717) is 49.1 Å². The van der Waals surface area contributed by atoms with Gasteiger partial charge in [0, 0.05) is 18.7 Å². The lowest BCUT2D eigenvalue weighted by Gasteiger charge is -2.27. The first-order valence-corrected chi connectivity index (χ1v) is 10.2. The molecule has 0 unspecified atom stereocenters. The summed E-state index contributed by atoms with van der Waals surface area (Å²) >= 11 is 0. The number of aromatic nitrogens is 5. The van der Waals surface area contributed by atoms with Gasteiger partial charge in [0.25, 0.3) is 0 Å². The molecule has 3 heterocycles. The maximum atomic E-state index is 12.4. The molecular weight excluding hydrogens is 400 g/mol. The standard InChI is InChI=1S/C21H26N6O4/c1-21(2,3)12-16(29)31-27-20-17(24-25-27)19(26-7-9-30-10-8-26)22-18(23-20)15-6-4-5-14(11-15)13-28/h4-6,11,28H,7-10,12-13H2,1-3H3. The Bertz CT molecular complexity index is 1090. The maximum absolute atomic E-state index is 12.4. The summed E-state index contributed by atoms with van der Waals surface area (Å²) < 4.78 is 5.46. The lowest BCUT2D eigenvalue weighted by atomic mass is 9.93. The third-order valence-corrected chi connectivity index (χ3v) is 4.80. The molecule has 0 saturated carbocycles. The van der Waals surface area contributed by atoms with E-state index >= 15 is 0 Å². The van der Waals surface area contributed by atoms with Crippen molar-refractivity contribution in [1.82, 2.24) is 25.1 Å². The summed E-state index contributed by atoms with van der Waals surface area (Å²) in [5.41, 5.74) is 2.02. The summed E-state index contributed by atoms with van der Waals surface area (Å²) in [7, 11) is 0. The second kappa shape index (κ2) is 8.56. The molecule has 4 rings (SSSR count).